The topological polar surface area (TPSA) is 211 Å². The Morgan fingerprint density at radius 3 is 1.44 bits per heavy atom. The second-order valence-corrected chi connectivity index (χ2v) is 13.1. The first-order valence-corrected chi connectivity index (χ1v) is 18.0. The van der Waals surface area contributed by atoms with E-state index in [1.54, 1.807) is 24.3 Å². The van der Waals surface area contributed by atoms with Gasteiger partial charge in [-0.2, -0.15) is 0 Å². The molecule has 5 N–H and O–H groups in total. The number of aromatic hydroxyl groups is 5. The SMILES string of the molecule is CC(=O)c1cc2c(cc1O)OCO2.CCc1cc2c(cc1O)OCO2.Oc1cc2c(cc1Br)OCO2.Oc1cc2c(cc1Cl)OCO2.Oc1ccc2c(c1)OCO2.[CH3-].[Zn]. The van der Waals surface area contributed by atoms with Gasteiger partial charge < -0.3 is 80.3 Å². The number of hydrogen-bond donors (Lipinski definition) is 5. The molecule has 10 rings (SSSR count). The number of halogens is 2. The van der Waals surface area contributed by atoms with Crippen molar-refractivity contribution in [2.45, 2.75) is 20.3 Å². The Balaban J connectivity index is 0.000000162. The number of hydrogen-bond acceptors (Lipinski definition) is 16. The molecular weight excluding hydrogens is 917 g/mol. The van der Waals surface area contributed by atoms with E-state index in [0.717, 1.165) is 17.7 Å². The molecule has 0 spiro atoms. The Kier molecular flexibility index (Phi) is 16.1. The molecule has 0 saturated heterocycles. The first-order chi connectivity index (χ1) is 27.4. The third-order valence-corrected chi connectivity index (χ3v) is 9.00. The van der Waals surface area contributed by atoms with Crippen molar-refractivity contribution in [1.29, 1.82) is 0 Å². The van der Waals surface area contributed by atoms with Gasteiger partial charge in [-0.15, -0.1) is 0 Å². The van der Waals surface area contributed by atoms with Crippen molar-refractivity contribution >= 4 is 33.3 Å². The van der Waals surface area contributed by atoms with Crippen molar-refractivity contribution in [3.05, 3.63) is 94.8 Å². The molecule has 5 aliphatic heterocycles. The number of Topliss-reactive ketones (excluding diaryl/α,β-unsaturated/α-hetero) is 1. The van der Waals surface area contributed by atoms with Gasteiger partial charge in [0.2, 0.25) is 34.0 Å². The van der Waals surface area contributed by atoms with Crippen LogP contribution in [0.5, 0.6) is 86.2 Å². The van der Waals surface area contributed by atoms with Crippen LogP contribution in [-0.4, -0.2) is 65.3 Å². The fourth-order valence-electron chi connectivity index (χ4n) is 5.17. The van der Waals surface area contributed by atoms with Gasteiger partial charge in [0.25, 0.3) is 0 Å². The largest absolute Gasteiger partial charge is 0.508 e. The molecule has 16 nitrogen and oxygen atoms in total. The zero-order valence-corrected chi connectivity index (χ0v) is 37.1. The normalized spacial score (nSPS) is 12.9. The fraction of sp³-hybridized carbons (Fsp3) is 0.200. The van der Waals surface area contributed by atoms with E-state index in [0.29, 0.717) is 56.2 Å². The van der Waals surface area contributed by atoms with Gasteiger partial charge in [-0.25, -0.2) is 0 Å². The van der Waals surface area contributed by atoms with E-state index < -0.39 is 0 Å². The van der Waals surface area contributed by atoms with Crippen LogP contribution >= 0.6 is 27.5 Å². The molecule has 59 heavy (non-hydrogen) atoms. The van der Waals surface area contributed by atoms with Crippen molar-refractivity contribution in [2.24, 2.45) is 0 Å². The van der Waals surface area contributed by atoms with Gasteiger partial charge in [-0.05, 0) is 59.1 Å². The van der Waals surface area contributed by atoms with Crippen LogP contribution < -0.4 is 47.4 Å². The van der Waals surface area contributed by atoms with Crippen molar-refractivity contribution in [2.75, 3.05) is 34.0 Å². The smallest absolute Gasteiger partial charge is 0.231 e. The van der Waals surface area contributed by atoms with Gasteiger partial charge in [0.15, 0.2) is 63.3 Å². The van der Waals surface area contributed by atoms with E-state index in [2.05, 4.69) is 15.9 Å². The molecule has 0 unspecified atom stereocenters. The monoisotopic (exact) mass is 951 g/mol. The molecule has 5 aliphatic rings. The number of carbonyl (C=O) groups is 1. The molecule has 0 bridgehead atoms. The number of rotatable bonds is 2. The summed E-state index contributed by atoms with van der Waals surface area (Å²) in [4.78, 5) is 11.0. The Bertz CT molecular complexity index is 2150. The number of benzene rings is 5. The molecule has 5 heterocycles. The molecule has 0 saturated carbocycles. The Labute approximate surface area is 364 Å². The van der Waals surface area contributed by atoms with Crippen molar-refractivity contribution in [3.8, 4) is 86.2 Å². The zero-order chi connectivity index (χ0) is 40.6. The predicted octanol–water partition coefficient (Wildman–Crippen LogP) is 8.23. The summed E-state index contributed by atoms with van der Waals surface area (Å²) in [6.07, 6.45) is 0.794. The van der Waals surface area contributed by atoms with Gasteiger partial charge in [0, 0.05) is 61.9 Å². The Hall–Kier alpha value is -5.84. The van der Waals surface area contributed by atoms with E-state index in [1.165, 1.54) is 43.3 Å². The molecule has 0 fully saturated rings. The number of ether oxygens (including phenoxy) is 10. The molecule has 5 aromatic carbocycles. The minimum absolute atomic E-state index is 0. The minimum Gasteiger partial charge on any atom is -0.508 e. The van der Waals surface area contributed by atoms with Crippen LogP contribution in [0, 0.1) is 7.43 Å². The summed E-state index contributed by atoms with van der Waals surface area (Å²) in [5.74, 6) is 6.38. The fourth-order valence-corrected chi connectivity index (χ4v) is 5.64. The van der Waals surface area contributed by atoms with Crippen molar-refractivity contribution < 1.29 is 97.2 Å². The molecule has 310 valence electrons. The first kappa shape index (κ1) is 45.9. The summed E-state index contributed by atoms with van der Waals surface area (Å²) >= 11 is 8.77. The summed E-state index contributed by atoms with van der Waals surface area (Å²) in [6, 6.07) is 17.2. The number of phenolic OH excluding ortho intramolecular Hbond substituents is 5. The molecule has 0 aliphatic carbocycles. The molecule has 19 heteroatoms. The van der Waals surface area contributed by atoms with E-state index in [9.17, 15) is 20.1 Å². The van der Waals surface area contributed by atoms with Crippen LogP contribution in [-0.2, 0) is 25.9 Å². The summed E-state index contributed by atoms with van der Waals surface area (Å²) in [6.45, 7) is 4.42. The van der Waals surface area contributed by atoms with Gasteiger partial charge in [0.1, 0.15) is 28.7 Å². The molecule has 5 aromatic rings. The second-order valence-electron chi connectivity index (χ2n) is 11.8. The number of ketones is 1. The van der Waals surface area contributed by atoms with Gasteiger partial charge in [-0.3, -0.25) is 4.79 Å². The third-order valence-electron chi connectivity index (χ3n) is 8.07. The molecule has 0 atom stereocenters. The average Bonchev–Trinajstić information content (AvgIpc) is 4.04. The van der Waals surface area contributed by atoms with Crippen molar-refractivity contribution in [1.82, 2.24) is 0 Å². The molecule has 0 amide bonds. The Morgan fingerprint density at radius 2 is 0.932 bits per heavy atom. The maximum Gasteiger partial charge on any atom is 0.231 e. The third kappa shape index (κ3) is 11.4. The molecule has 0 aromatic heterocycles. The van der Waals surface area contributed by atoms with Crippen LogP contribution in [0.25, 0.3) is 0 Å². The van der Waals surface area contributed by atoms with Crippen LogP contribution in [0.15, 0.2) is 71.2 Å². The number of fused-ring (bicyclic) bond motifs is 5. The number of carbonyl (C=O) groups excluding carboxylic acids is 1. The quantitative estimate of drug-likeness (QED) is 0.0641. The average molecular weight is 954 g/mol. The number of phenols is 5. The Morgan fingerprint density at radius 1 is 0.542 bits per heavy atom. The van der Waals surface area contributed by atoms with Crippen LogP contribution in [0.4, 0.5) is 0 Å². The molecule has 0 radical (unpaired) electrons. The van der Waals surface area contributed by atoms with E-state index in [-0.39, 0.29) is 106 Å². The standard InChI is InChI=1S/C9H8O4.C9H10O3.C7H5BrO3.C7H5ClO3.C7H6O3.CH3.Zn/c1-5(10)6-2-8-9(3-7(6)11)13-4-12-8;1-2-6-3-8-9(4-7(6)10)12-5-11-8;2*8-4-1-6-7(2-5(4)9)11-3-10-6;8-5-1-2-6-7(3-5)10-4-9-6;;/h2-3,11H,4H2,1H3;3-4,10H,2,5H2,1H3;2*1-2,9H,3H2;1-3,8H,4H2;1H3;/q;;;;;-1;. The summed E-state index contributed by atoms with van der Waals surface area (Å²) in [5, 5.41) is 46.4. The van der Waals surface area contributed by atoms with E-state index in [1.807, 2.05) is 13.0 Å². The predicted molar refractivity (Wildman–Crippen MR) is 210 cm³/mol. The van der Waals surface area contributed by atoms with Crippen LogP contribution in [0.1, 0.15) is 29.8 Å². The maximum atomic E-state index is 11.0. The van der Waals surface area contributed by atoms with Gasteiger partial charge >= 0.3 is 0 Å². The van der Waals surface area contributed by atoms with E-state index >= 15 is 0 Å². The van der Waals surface area contributed by atoms with Crippen LogP contribution in [0.3, 0.4) is 0 Å². The summed E-state index contributed by atoms with van der Waals surface area (Å²) < 4.78 is 51.1. The van der Waals surface area contributed by atoms with Crippen LogP contribution in [0.2, 0.25) is 5.02 Å². The number of aryl methyl sites for hydroxylation is 1. The second kappa shape index (κ2) is 20.7. The van der Waals surface area contributed by atoms with Gasteiger partial charge in [-0.1, -0.05) is 18.5 Å². The summed E-state index contributed by atoms with van der Waals surface area (Å²) in [5.41, 5.74) is 1.14. The van der Waals surface area contributed by atoms with Gasteiger partial charge in [0.05, 0.1) is 15.1 Å². The van der Waals surface area contributed by atoms with E-state index in [4.69, 9.17) is 69.2 Å². The first-order valence-electron chi connectivity index (χ1n) is 16.8. The maximum absolute atomic E-state index is 11.0. The van der Waals surface area contributed by atoms with Crippen molar-refractivity contribution in [3.63, 3.8) is 0 Å². The molecular formula is C40H37BrClO16Zn-. The zero-order valence-electron chi connectivity index (χ0n) is 31.8. The summed E-state index contributed by atoms with van der Waals surface area (Å²) in [7, 11) is 0. The minimum atomic E-state index is -0.198.